The van der Waals surface area contributed by atoms with Crippen LogP contribution in [0.15, 0.2) is 58.8 Å². The Morgan fingerprint density at radius 3 is 2.46 bits per heavy atom. The first-order valence-electron chi connectivity index (χ1n) is 7.46. The first-order chi connectivity index (χ1) is 11.4. The minimum atomic E-state index is -0.823. The fourth-order valence-electron chi connectivity index (χ4n) is 1.87. The highest BCUT2D eigenvalue weighted by molar-refractivity contribution is 6.05. The van der Waals surface area contributed by atoms with Gasteiger partial charge in [0.2, 0.25) is 0 Å². The summed E-state index contributed by atoms with van der Waals surface area (Å²) in [7, 11) is 0. The summed E-state index contributed by atoms with van der Waals surface area (Å²) < 4.78 is 5.20. The van der Waals surface area contributed by atoms with E-state index in [1.54, 1.807) is 56.3 Å². The van der Waals surface area contributed by atoms with Crippen LogP contribution in [-0.4, -0.2) is 29.1 Å². The Kier molecular flexibility index (Phi) is 5.55. The summed E-state index contributed by atoms with van der Waals surface area (Å²) in [6.07, 6.45) is 2.90. The maximum Gasteiger partial charge on any atom is 0.268 e. The number of nitrogens with one attached hydrogen (secondary N) is 2. The van der Waals surface area contributed by atoms with Gasteiger partial charge in [-0.25, -0.2) is 0 Å². The molecular formula is C18H20N2O4. The Balaban J connectivity index is 2.24. The SMILES string of the molecule is CC(C)(CO)NC(=O)C(=Cc1ccco1)NC(=O)c1ccccc1. The van der Waals surface area contributed by atoms with Gasteiger partial charge in [0.05, 0.1) is 18.4 Å². The molecule has 0 aliphatic carbocycles. The van der Waals surface area contributed by atoms with E-state index in [-0.39, 0.29) is 12.3 Å². The van der Waals surface area contributed by atoms with Gasteiger partial charge in [-0.2, -0.15) is 0 Å². The molecule has 0 fully saturated rings. The average molecular weight is 328 g/mol. The van der Waals surface area contributed by atoms with Gasteiger partial charge in [0.25, 0.3) is 11.8 Å². The lowest BCUT2D eigenvalue weighted by Gasteiger charge is -2.24. The normalized spacial score (nSPS) is 11.9. The van der Waals surface area contributed by atoms with Crippen LogP contribution >= 0.6 is 0 Å². The van der Waals surface area contributed by atoms with Gasteiger partial charge in [-0.3, -0.25) is 9.59 Å². The lowest BCUT2D eigenvalue weighted by molar-refractivity contribution is -0.119. The Morgan fingerprint density at radius 2 is 1.88 bits per heavy atom. The van der Waals surface area contributed by atoms with Crippen molar-refractivity contribution in [2.45, 2.75) is 19.4 Å². The summed E-state index contributed by atoms with van der Waals surface area (Å²) in [6.45, 7) is 3.11. The molecule has 0 unspecified atom stereocenters. The summed E-state index contributed by atoms with van der Waals surface area (Å²) in [6, 6.07) is 11.9. The van der Waals surface area contributed by atoms with Gasteiger partial charge in [-0.05, 0) is 38.1 Å². The van der Waals surface area contributed by atoms with Crippen LogP contribution in [0.25, 0.3) is 6.08 Å². The van der Waals surface area contributed by atoms with E-state index in [2.05, 4.69) is 10.6 Å². The molecule has 24 heavy (non-hydrogen) atoms. The molecule has 0 aliphatic rings. The topological polar surface area (TPSA) is 91.6 Å². The van der Waals surface area contributed by atoms with Crippen molar-refractivity contribution in [3.63, 3.8) is 0 Å². The van der Waals surface area contributed by atoms with Crippen LogP contribution in [-0.2, 0) is 4.79 Å². The molecule has 1 aromatic heterocycles. The second kappa shape index (κ2) is 7.61. The largest absolute Gasteiger partial charge is 0.465 e. The Labute approximate surface area is 140 Å². The molecule has 0 atom stereocenters. The van der Waals surface area contributed by atoms with Gasteiger partial charge in [0, 0.05) is 11.6 Å². The number of carbonyl (C=O) groups is 2. The Morgan fingerprint density at radius 1 is 1.17 bits per heavy atom. The quantitative estimate of drug-likeness (QED) is 0.707. The van der Waals surface area contributed by atoms with Crippen molar-refractivity contribution in [2.75, 3.05) is 6.61 Å². The van der Waals surface area contributed by atoms with Gasteiger partial charge in [0.1, 0.15) is 11.5 Å². The summed E-state index contributed by atoms with van der Waals surface area (Å²) >= 11 is 0. The van der Waals surface area contributed by atoms with Crippen molar-refractivity contribution in [2.24, 2.45) is 0 Å². The number of aliphatic hydroxyl groups excluding tert-OH is 1. The van der Waals surface area contributed by atoms with E-state index >= 15 is 0 Å². The van der Waals surface area contributed by atoms with Crippen molar-refractivity contribution < 1.29 is 19.1 Å². The number of furan rings is 1. The summed E-state index contributed by atoms with van der Waals surface area (Å²) in [4.78, 5) is 24.8. The smallest absolute Gasteiger partial charge is 0.268 e. The number of hydrogen-bond acceptors (Lipinski definition) is 4. The molecular weight excluding hydrogens is 308 g/mol. The van der Waals surface area contributed by atoms with Gasteiger partial charge in [0.15, 0.2) is 0 Å². The molecule has 2 amide bonds. The zero-order chi connectivity index (χ0) is 17.6. The standard InChI is InChI=1S/C18H20N2O4/c1-18(2,12-21)20-17(23)15(11-14-9-6-10-24-14)19-16(22)13-7-4-3-5-8-13/h3-11,21H,12H2,1-2H3,(H,19,22)(H,20,23). The maximum atomic E-state index is 12.5. The number of aliphatic hydroxyl groups is 1. The summed E-state index contributed by atoms with van der Waals surface area (Å²) in [5.74, 6) is -0.504. The van der Waals surface area contributed by atoms with Gasteiger partial charge in [-0.15, -0.1) is 0 Å². The molecule has 2 rings (SSSR count). The lowest BCUT2D eigenvalue weighted by Crippen LogP contribution is -2.48. The van der Waals surface area contributed by atoms with Crippen molar-refractivity contribution in [3.05, 3.63) is 65.7 Å². The molecule has 0 aliphatic heterocycles. The highest BCUT2D eigenvalue weighted by Gasteiger charge is 2.23. The van der Waals surface area contributed by atoms with Crippen LogP contribution in [0.2, 0.25) is 0 Å². The second-order valence-electron chi connectivity index (χ2n) is 5.89. The zero-order valence-electron chi connectivity index (χ0n) is 13.6. The van der Waals surface area contributed by atoms with Crippen LogP contribution in [0.3, 0.4) is 0 Å². The van der Waals surface area contributed by atoms with Gasteiger partial charge in [-0.1, -0.05) is 18.2 Å². The van der Waals surface area contributed by atoms with Gasteiger partial charge >= 0.3 is 0 Å². The number of benzene rings is 1. The molecule has 3 N–H and O–H groups in total. The molecule has 126 valence electrons. The van der Waals surface area contributed by atoms with Crippen molar-refractivity contribution in [3.8, 4) is 0 Å². The molecule has 0 radical (unpaired) electrons. The third-order valence-corrected chi connectivity index (χ3v) is 3.21. The predicted octanol–water partition coefficient (Wildman–Crippen LogP) is 1.94. The highest BCUT2D eigenvalue weighted by atomic mass is 16.3. The highest BCUT2D eigenvalue weighted by Crippen LogP contribution is 2.09. The predicted molar refractivity (Wildman–Crippen MR) is 89.9 cm³/mol. The van der Waals surface area contributed by atoms with Crippen LogP contribution in [0.1, 0.15) is 30.0 Å². The molecule has 0 bridgehead atoms. The number of hydrogen-bond donors (Lipinski definition) is 3. The lowest BCUT2D eigenvalue weighted by atomic mass is 10.1. The molecule has 6 heteroatoms. The fourth-order valence-corrected chi connectivity index (χ4v) is 1.87. The van der Waals surface area contributed by atoms with Crippen molar-refractivity contribution in [1.82, 2.24) is 10.6 Å². The number of carbonyl (C=O) groups excluding carboxylic acids is 2. The average Bonchev–Trinajstić information content (AvgIpc) is 3.07. The van der Waals surface area contributed by atoms with Crippen LogP contribution in [0.5, 0.6) is 0 Å². The Hall–Kier alpha value is -2.86. The number of rotatable bonds is 6. The molecule has 0 saturated heterocycles. The monoisotopic (exact) mass is 328 g/mol. The van der Waals surface area contributed by atoms with Crippen LogP contribution < -0.4 is 10.6 Å². The first-order valence-corrected chi connectivity index (χ1v) is 7.46. The molecule has 0 spiro atoms. The maximum absolute atomic E-state index is 12.5. The van der Waals surface area contributed by atoms with Gasteiger partial charge < -0.3 is 20.2 Å². The minimum absolute atomic E-state index is 0.0281. The van der Waals surface area contributed by atoms with Crippen LogP contribution in [0.4, 0.5) is 0 Å². The third-order valence-electron chi connectivity index (χ3n) is 3.21. The fraction of sp³-hybridized carbons (Fsp3) is 0.222. The first kappa shape index (κ1) is 17.5. The number of amides is 2. The molecule has 1 heterocycles. The van der Waals surface area contributed by atoms with E-state index in [9.17, 15) is 14.7 Å². The van der Waals surface area contributed by atoms with E-state index in [4.69, 9.17) is 4.42 Å². The second-order valence-corrected chi connectivity index (χ2v) is 5.89. The van der Waals surface area contributed by atoms with E-state index in [0.29, 0.717) is 11.3 Å². The summed E-state index contributed by atoms with van der Waals surface area (Å²) in [5.41, 5.74) is -0.367. The van der Waals surface area contributed by atoms with E-state index in [0.717, 1.165) is 0 Å². The molecule has 1 aromatic carbocycles. The van der Waals surface area contributed by atoms with Crippen molar-refractivity contribution in [1.29, 1.82) is 0 Å². The molecule has 0 saturated carbocycles. The van der Waals surface area contributed by atoms with E-state index in [1.165, 1.54) is 12.3 Å². The molecule has 2 aromatic rings. The third kappa shape index (κ3) is 4.82. The zero-order valence-corrected chi connectivity index (χ0v) is 13.6. The molecule has 6 nitrogen and oxygen atoms in total. The van der Waals surface area contributed by atoms with E-state index < -0.39 is 17.4 Å². The summed E-state index contributed by atoms with van der Waals surface area (Å²) in [5, 5.41) is 14.5. The van der Waals surface area contributed by atoms with E-state index in [1.807, 2.05) is 0 Å². The van der Waals surface area contributed by atoms with Crippen LogP contribution in [0, 0.1) is 0 Å². The minimum Gasteiger partial charge on any atom is -0.465 e. The van der Waals surface area contributed by atoms with Crippen molar-refractivity contribution >= 4 is 17.9 Å². The Bertz CT molecular complexity index is 719.